The summed E-state index contributed by atoms with van der Waals surface area (Å²) in [6, 6.07) is 14.1. The van der Waals surface area contributed by atoms with Gasteiger partial charge in [-0.15, -0.1) is 0 Å². The van der Waals surface area contributed by atoms with Crippen molar-refractivity contribution in [2.24, 2.45) is 5.10 Å². The molecule has 1 heterocycles. The number of rotatable bonds is 5. The quantitative estimate of drug-likeness (QED) is 0.200. The normalized spacial score (nSPS) is 12.0. The van der Waals surface area contributed by atoms with Gasteiger partial charge < -0.3 is 4.74 Å². The lowest BCUT2D eigenvalue weighted by Crippen LogP contribution is -2.29. The smallest absolute Gasteiger partial charge is 0.282 e. The lowest BCUT2D eigenvalue weighted by molar-refractivity contribution is 0.304. The van der Waals surface area contributed by atoms with Crippen molar-refractivity contribution in [3.8, 4) is 5.75 Å². The van der Waals surface area contributed by atoms with Crippen LogP contribution in [-0.2, 0) is 12.0 Å². The molecule has 0 aliphatic rings. The molecular weight excluding hydrogens is 652 g/mol. The van der Waals surface area contributed by atoms with Crippen molar-refractivity contribution < 1.29 is 4.74 Å². The summed E-state index contributed by atoms with van der Waals surface area (Å²) in [6.45, 7) is 6.17. The van der Waals surface area contributed by atoms with E-state index in [1.54, 1.807) is 42.6 Å². The number of ether oxygens (including phenoxy) is 1. The first-order valence-electron chi connectivity index (χ1n) is 10.8. The molecule has 0 aliphatic carbocycles. The van der Waals surface area contributed by atoms with Crippen molar-refractivity contribution in [2.45, 2.75) is 32.8 Å². The van der Waals surface area contributed by atoms with Gasteiger partial charge in [0.15, 0.2) is 5.75 Å². The van der Waals surface area contributed by atoms with Crippen molar-refractivity contribution >= 4 is 83.8 Å². The highest BCUT2D eigenvalue weighted by Gasteiger charge is 2.23. The lowest BCUT2D eigenvalue weighted by Gasteiger charge is -2.21. The zero-order valence-corrected chi connectivity index (χ0v) is 24.9. The SMILES string of the molecule is CC(C)(C)c1nc2ccc(Br)cc2c(=O)n1N=Cc1cc(Cl)c(OCc2ccc(Cl)cc2Cl)c(Br)c1. The Morgan fingerprint density at radius 1 is 1.03 bits per heavy atom. The van der Waals surface area contributed by atoms with Crippen LogP contribution in [0.3, 0.4) is 0 Å². The molecule has 0 radical (unpaired) electrons. The minimum atomic E-state index is -0.420. The molecule has 0 fully saturated rings. The van der Waals surface area contributed by atoms with Crippen LogP contribution >= 0.6 is 66.7 Å². The number of nitrogens with zero attached hydrogens (tertiary/aromatic N) is 3. The second kappa shape index (κ2) is 10.8. The summed E-state index contributed by atoms with van der Waals surface area (Å²) in [4.78, 5) is 18.1. The Hall–Kier alpha value is -1.90. The number of benzene rings is 3. The molecule has 4 aromatic rings. The Morgan fingerprint density at radius 3 is 2.44 bits per heavy atom. The summed E-state index contributed by atoms with van der Waals surface area (Å²) in [5.74, 6) is 1.01. The Kier molecular flexibility index (Phi) is 8.17. The van der Waals surface area contributed by atoms with Gasteiger partial charge in [-0.25, -0.2) is 4.98 Å². The Bertz CT molecular complexity index is 1540. The van der Waals surface area contributed by atoms with Gasteiger partial charge in [-0.05, 0) is 64.0 Å². The molecule has 0 atom stereocenters. The highest BCUT2D eigenvalue weighted by molar-refractivity contribution is 9.10. The fourth-order valence-corrected chi connectivity index (χ4v) is 5.26. The van der Waals surface area contributed by atoms with Crippen molar-refractivity contribution in [3.63, 3.8) is 0 Å². The summed E-state index contributed by atoms with van der Waals surface area (Å²) >= 11 is 25.7. The van der Waals surface area contributed by atoms with Crippen LogP contribution in [0, 0.1) is 0 Å². The van der Waals surface area contributed by atoms with Crippen LogP contribution in [0.1, 0.15) is 37.7 Å². The lowest BCUT2D eigenvalue weighted by atomic mass is 9.95. The van der Waals surface area contributed by atoms with E-state index < -0.39 is 5.41 Å². The van der Waals surface area contributed by atoms with Crippen molar-refractivity contribution in [1.82, 2.24) is 9.66 Å². The van der Waals surface area contributed by atoms with Gasteiger partial charge in [-0.2, -0.15) is 9.78 Å². The largest absolute Gasteiger partial charge is 0.486 e. The first-order chi connectivity index (χ1) is 16.9. The molecule has 36 heavy (non-hydrogen) atoms. The number of hydrogen-bond donors (Lipinski definition) is 0. The topological polar surface area (TPSA) is 56.5 Å². The molecule has 0 N–H and O–H groups in total. The fraction of sp³-hybridized carbons (Fsp3) is 0.192. The number of aromatic nitrogens is 2. The predicted octanol–water partition coefficient (Wildman–Crippen LogP) is 8.64. The van der Waals surface area contributed by atoms with Gasteiger partial charge >= 0.3 is 0 Å². The van der Waals surface area contributed by atoms with E-state index in [9.17, 15) is 4.79 Å². The molecule has 0 spiro atoms. The minimum Gasteiger partial charge on any atom is -0.486 e. The van der Waals surface area contributed by atoms with Crippen molar-refractivity contribution in [3.05, 3.63) is 99.8 Å². The Labute approximate surface area is 240 Å². The van der Waals surface area contributed by atoms with Crippen LogP contribution in [0.15, 0.2) is 67.4 Å². The molecule has 1 aromatic heterocycles. The Morgan fingerprint density at radius 2 is 1.78 bits per heavy atom. The molecule has 0 saturated carbocycles. The molecule has 0 unspecified atom stereocenters. The van der Waals surface area contributed by atoms with Gasteiger partial charge in [0.05, 0.1) is 26.6 Å². The van der Waals surface area contributed by atoms with Crippen molar-refractivity contribution in [1.29, 1.82) is 0 Å². The van der Waals surface area contributed by atoms with Gasteiger partial charge in [0, 0.05) is 25.5 Å². The van der Waals surface area contributed by atoms with E-state index in [1.807, 2.05) is 32.9 Å². The molecule has 186 valence electrons. The summed E-state index contributed by atoms with van der Waals surface area (Å²) in [7, 11) is 0. The van der Waals surface area contributed by atoms with Crippen LogP contribution in [0.2, 0.25) is 15.1 Å². The van der Waals surface area contributed by atoms with E-state index in [4.69, 9.17) is 44.5 Å². The van der Waals surface area contributed by atoms with Gasteiger partial charge in [0.2, 0.25) is 0 Å². The van der Waals surface area contributed by atoms with E-state index in [1.165, 1.54) is 4.68 Å². The average molecular weight is 673 g/mol. The van der Waals surface area contributed by atoms with Crippen LogP contribution < -0.4 is 10.3 Å². The Balaban J connectivity index is 1.68. The van der Waals surface area contributed by atoms with Gasteiger partial charge in [-0.3, -0.25) is 4.79 Å². The summed E-state index contributed by atoms with van der Waals surface area (Å²) in [5, 5.41) is 6.40. The van der Waals surface area contributed by atoms with Crippen molar-refractivity contribution in [2.75, 3.05) is 0 Å². The van der Waals surface area contributed by atoms with Crippen LogP contribution in [0.4, 0.5) is 0 Å². The van der Waals surface area contributed by atoms with Gasteiger partial charge in [0.25, 0.3) is 5.56 Å². The number of halogens is 5. The predicted molar refractivity (Wildman–Crippen MR) is 155 cm³/mol. The third kappa shape index (κ3) is 5.97. The second-order valence-corrected chi connectivity index (χ2v) is 12.1. The van der Waals surface area contributed by atoms with E-state index in [2.05, 4.69) is 37.0 Å². The summed E-state index contributed by atoms with van der Waals surface area (Å²) in [6.07, 6.45) is 1.57. The molecule has 3 aromatic carbocycles. The molecule has 0 saturated heterocycles. The van der Waals surface area contributed by atoms with Crippen LogP contribution in [0.25, 0.3) is 10.9 Å². The number of fused-ring (bicyclic) bond motifs is 1. The molecule has 4 rings (SSSR count). The fourth-order valence-electron chi connectivity index (χ4n) is 3.45. The maximum atomic E-state index is 13.3. The first kappa shape index (κ1) is 27.1. The monoisotopic (exact) mass is 669 g/mol. The minimum absolute atomic E-state index is 0.213. The summed E-state index contributed by atoms with van der Waals surface area (Å²) in [5.41, 5.74) is 1.39. The van der Waals surface area contributed by atoms with Gasteiger partial charge in [0.1, 0.15) is 12.4 Å². The highest BCUT2D eigenvalue weighted by Crippen LogP contribution is 2.35. The van der Waals surface area contributed by atoms with E-state index >= 15 is 0 Å². The molecule has 0 bridgehead atoms. The van der Waals surface area contributed by atoms with Crippen LogP contribution in [-0.4, -0.2) is 15.9 Å². The number of hydrogen-bond acceptors (Lipinski definition) is 4. The van der Waals surface area contributed by atoms with Gasteiger partial charge in [-0.1, -0.05) is 77.6 Å². The molecular formula is C26H20Br2Cl3N3O2. The third-order valence-electron chi connectivity index (χ3n) is 5.21. The standard InChI is InChI=1S/C26H20Br2Cl3N3O2/c1-26(2,3)25-33-22-7-5-16(27)10-18(22)24(35)34(25)32-12-14-8-19(28)23(21(31)9-14)36-13-15-4-6-17(29)11-20(15)30/h4-12H,13H2,1-3H3. The molecule has 0 amide bonds. The maximum absolute atomic E-state index is 13.3. The average Bonchev–Trinajstić information content (AvgIpc) is 2.78. The molecule has 0 aliphatic heterocycles. The maximum Gasteiger partial charge on any atom is 0.282 e. The third-order valence-corrected chi connectivity index (χ3v) is 7.16. The van der Waals surface area contributed by atoms with E-state index in [-0.39, 0.29) is 12.2 Å². The van der Waals surface area contributed by atoms with E-state index in [0.29, 0.717) is 47.6 Å². The summed E-state index contributed by atoms with van der Waals surface area (Å²) < 4.78 is 8.67. The molecule has 10 heteroatoms. The van der Waals surface area contributed by atoms with Crippen LogP contribution in [0.5, 0.6) is 5.75 Å². The zero-order chi connectivity index (χ0) is 26.2. The zero-order valence-electron chi connectivity index (χ0n) is 19.5. The van der Waals surface area contributed by atoms with E-state index in [0.717, 1.165) is 10.0 Å². The highest BCUT2D eigenvalue weighted by atomic mass is 79.9. The first-order valence-corrected chi connectivity index (χ1v) is 13.5. The molecule has 5 nitrogen and oxygen atoms in total. The second-order valence-electron chi connectivity index (χ2n) is 9.05.